The molecule has 0 radical (unpaired) electrons. The molecule has 0 unspecified atom stereocenters. The number of carbonyl (C=O) groups is 1. The molecule has 1 heterocycles. The minimum atomic E-state index is -0.492. The van der Waals surface area contributed by atoms with E-state index in [1.807, 2.05) is 37.6 Å². The van der Waals surface area contributed by atoms with Crippen LogP contribution in [-0.2, 0) is 4.79 Å². The summed E-state index contributed by atoms with van der Waals surface area (Å²) in [7, 11) is 0. The summed E-state index contributed by atoms with van der Waals surface area (Å²) < 4.78 is 0. The van der Waals surface area contributed by atoms with Gasteiger partial charge in [-0.2, -0.15) is 0 Å². The van der Waals surface area contributed by atoms with Crippen molar-refractivity contribution >= 4 is 46.5 Å². The summed E-state index contributed by atoms with van der Waals surface area (Å²) in [6.45, 7) is 4.10. The van der Waals surface area contributed by atoms with Crippen LogP contribution in [0.15, 0.2) is 34.5 Å². The Morgan fingerprint density at radius 2 is 2.00 bits per heavy atom. The highest BCUT2D eigenvalue weighted by atomic mass is 35.5. The molecule has 0 bridgehead atoms. The van der Waals surface area contributed by atoms with Gasteiger partial charge in [-0.15, -0.1) is 35.5 Å². The summed E-state index contributed by atoms with van der Waals surface area (Å²) in [6.07, 6.45) is 2.71. The van der Waals surface area contributed by atoms with Crippen LogP contribution in [0.4, 0.5) is 5.13 Å². The molecule has 0 aliphatic rings. The molecular weight excluding hydrogens is 350 g/mol. The van der Waals surface area contributed by atoms with Crippen molar-refractivity contribution < 1.29 is 4.79 Å². The van der Waals surface area contributed by atoms with Crippen LogP contribution in [0.3, 0.4) is 0 Å². The van der Waals surface area contributed by atoms with Crippen molar-refractivity contribution in [2.75, 3.05) is 11.6 Å². The van der Waals surface area contributed by atoms with Gasteiger partial charge in [0.25, 0.3) is 0 Å². The fraction of sp³-hybridized carbons (Fsp3) is 0.375. The Morgan fingerprint density at radius 3 is 2.57 bits per heavy atom. The summed E-state index contributed by atoms with van der Waals surface area (Å²) in [5, 5.41) is 5.33. The first-order chi connectivity index (χ1) is 10.5. The fourth-order valence-electron chi connectivity index (χ4n) is 2.04. The van der Waals surface area contributed by atoms with E-state index in [4.69, 9.17) is 5.73 Å². The van der Waals surface area contributed by atoms with Gasteiger partial charge in [0, 0.05) is 15.8 Å². The van der Waals surface area contributed by atoms with Gasteiger partial charge in [0.05, 0.1) is 11.7 Å². The highest BCUT2D eigenvalue weighted by molar-refractivity contribution is 7.98. The molecule has 3 N–H and O–H groups in total. The van der Waals surface area contributed by atoms with Gasteiger partial charge in [-0.3, -0.25) is 4.79 Å². The van der Waals surface area contributed by atoms with Crippen LogP contribution in [0.5, 0.6) is 0 Å². The van der Waals surface area contributed by atoms with E-state index in [2.05, 4.69) is 22.4 Å². The van der Waals surface area contributed by atoms with Gasteiger partial charge in [-0.05, 0) is 30.7 Å². The molecule has 126 valence electrons. The second-order valence-electron chi connectivity index (χ2n) is 5.49. The fourth-order valence-corrected chi connectivity index (χ4v) is 3.17. The number of hydrogen-bond donors (Lipinski definition) is 2. The maximum Gasteiger partial charge on any atom is 0.243 e. The molecule has 1 aromatic heterocycles. The number of hydrogen-bond acceptors (Lipinski definition) is 5. The molecule has 1 aromatic carbocycles. The third-order valence-corrected chi connectivity index (χ3v) is 4.68. The molecule has 2 aromatic rings. The molecular formula is C16H22ClN3OS2. The van der Waals surface area contributed by atoms with Gasteiger partial charge in [0.2, 0.25) is 5.91 Å². The van der Waals surface area contributed by atoms with Crippen LogP contribution in [0.2, 0.25) is 0 Å². The molecule has 1 atom stereocenters. The Morgan fingerprint density at radius 1 is 1.35 bits per heavy atom. The molecule has 23 heavy (non-hydrogen) atoms. The van der Waals surface area contributed by atoms with Crippen LogP contribution in [0, 0.1) is 5.92 Å². The molecule has 0 saturated heterocycles. The van der Waals surface area contributed by atoms with Gasteiger partial charge < -0.3 is 11.1 Å². The number of nitrogens with two attached hydrogens (primary N) is 1. The number of carbonyl (C=O) groups excluding carboxylic acids is 1. The van der Waals surface area contributed by atoms with E-state index in [-0.39, 0.29) is 18.3 Å². The van der Waals surface area contributed by atoms with Gasteiger partial charge in [-0.1, -0.05) is 26.0 Å². The van der Waals surface area contributed by atoms with Crippen LogP contribution in [0.25, 0.3) is 11.3 Å². The maximum atomic E-state index is 12.0. The maximum absolute atomic E-state index is 12.0. The number of thiazole rings is 1. The zero-order valence-corrected chi connectivity index (χ0v) is 15.9. The second-order valence-corrected chi connectivity index (χ2v) is 7.23. The summed E-state index contributed by atoms with van der Waals surface area (Å²) >= 11 is 3.12. The quantitative estimate of drug-likeness (QED) is 0.744. The van der Waals surface area contributed by atoms with E-state index in [0.717, 1.165) is 11.3 Å². The Kier molecular flexibility index (Phi) is 8.05. The van der Waals surface area contributed by atoms with Crippen LogP contribution in [-0.4, -0.2) is 23.2 Å². The molecule has 0 fully saturated rings. The number of thioether (sulfide) groups is 1. The molecule has 7 heteroatoms. The van der Waals surface area contributed by atoms with E-state index >= 15 is 0 Å². The van der Waals surface area contributed by atoms with Crippen molar-refractivity contribution in [2.45, 2.75) is 31.2 Å². The number of aromatic nitrogens is 1. The van der Waals surface area contributed by atoms with Crippen molar-refractivity contribution in [3.05, 3.63) is 29.6 Å². The van der Waals surface area contributed by atoms with Crippen LogP contribution >= 0.6 is 35.5 Å². The Hall–Kier alpha value is -1.08. The smallest absolute Gasteiger partial charge is 0.243 e. The van der Waals surface area contributed by atoms with Crippen molar-refractivity contribution in [3.8, 4) is 11.3 Å². The topological polar surface area (TPSA) is 68.0 Å². The number of anilines is 1. The first-order valence-electron chi connectivity index (χ1n) is 7.16. The summed E-state index contributed by atoms with van der Waals surface area (Å²) in [6, 6.07) is 7.72. The minimum Gasteiger partial charge on any atom is -0.320 e. The zero-order chi connectivity index (χ0) is 16.1. The summed E-state index contributed by atoms with van der Waals surface area (Å²) in [4.78, 5) is 17.7. The molecule has 0 aliphatic carbocycles. The first-order valence-corrected chi connectivity index (χ1v) is 9.26. The van der Waals surface area contributed by atoms with Gasteiger partial charge in [0.15, 0.2) is 5.13 Å². The molecule has 4 nitrogen and oxygen atoms in total. The van der Waals surface area contributed by atoms with E-state index in [1.54, 1.807) is 11.8 Å². The molecule has 0 spiro atoms. The predicted molar refractivity (Wildman–Crippen MR) is 103 cm³/mol. The van der Waals surface area contributed by atoms with Gasteiger partial charge in [-0.25, -0.2) is 4.98 Å². The number of nitrogens with zero attached hydrogens (tertiary/aromatic N) is 1. The van der Waals surface area contributed by atoms with E-state index in [9.17, 15) is 4.79 Å². The van der Waals surface area contributed by atoms with Gasteiger partial charge >= 0.3 is 0 Å². The monoisotopic (exact) mass is 371 g/mol. The highest BCUT2D eigenvalue weighted by Gasteiger charge is 2.16. The molecule has 1 amide bonds. The number of halogens is 1. The van der Waals surface area contributed by atoms with Crippen molar-refractivity contribution in [1.29, 1.82) is 0 Å². The first kappa shape index (κ1) is 20.0. The standard InChI is InChI=1S/C16H21N3OS2.ClH/c1-10(2)8-13(17)15(20)19-16-18-14(9-22-16)11-4-6-12(21-3)7-5-11;/h4-7,9-10,13H,8,17H2,1-3H3,(H,18,19,20);1H/t13-;/m0./s1. The Labute approximate surface area is 151 Å². The summed E-state index contributed by atoms with van der Waals surface area (Å²) in [5.74, 6) is 0.217. The van der Waals surface area contributed by atoms with Crippen LogP contribution in [0.1, 0.15) is 20.3 Å². The van der Waals surface area contributed by atoms with E-state index < -0.39 is 6.04 Å². The largest absolute Gasteiger partial charge is 0.320 e. The number of benzene rings is 1. The third-order valence-electron chi connectivity index (χ3n) is 3.18. The Balaban J connectivity index is 0.00000264. The van der Waals surface area contributed by atoms with Crippen LogP contribution < -0.4 is 11.1 Å². The lowest BCUT2D eigenvalue weighted by Gasteiger charge is -2.12. The number of nitrogens with one attached hydrogen (secondary N) is 1. The average Bonchev–Trinajstić information content (AvgIpc) is 2.95. The van der Waals surface area contributed by atoms with E-state index in [0.29, 0.717) is 17.5 Å². The average molecular weight is 372 g/mol. The van der Waals surface area contributed by atoms with Crippen molar-refractivity contribution in [2.24, 2.45) is 11.7 Å². The SMILES string of the molecule is CSc1ccc(-c2csc(NC(=O)[C@@H](N)CC(C)C)n2)cc1.Cl. The normalized spacial score (nSPS) is 11.9. The van der Waals surface area contributed by atoms with Gasteiger partial charge in [0.1, 0.15) is 0 Å². The predicted octanol–water partition coefficient (Wildman–Crippen LogP) is 4.27. The van der Waals surface area contributed by atoms with Crippen molar-refractivity contribution in [3.63, 3.8) is 0 Å². The second kappa shape index (κ2) is 9.27. The number of rotatable bonds is 6. The lowest BCUT2D eigenvalue weighted by molar-refractivity contribution is -0.117. The lowest BCUT2D eigenvalue weighted by atomic mass is 10.0. The highest BCUT2D eigenvalue weighted by Crippen LogP contribution is 2.26. The Bertz CT molecular complexity index is 629. The lowest BCUT2D eigenvalue weighted by Crippen LogP contribution is -2.36. The zero-order valence-electron chi connectivity index (χ0n) is 13.4. The van der Waals surface area contributed by atoms with Crippen molar-refractivity contribution in [1.82, 2.24) is 4.98 Å². The van der Waals surface area contributed by atoms with E-state index in [1.165, 1.54) is 16.2 Å². The molecule has 0 saturated carbocycles. The number of amides is 1. The molecule has 0 aliphatic heterocycles. The third kappa shape index (κ3) is 5.80. The minimum absolute atomic E-state index is 0. The molecule has 2 rings (SSSR count). The summed E-state index contributed by atoms with van der Waals surface area (Å²) in [5.41, 5.74) is 7.79.